The van der Waals surface area contributed by atoms with E-state index in [1.54, 1.807) is 87.7 Å². The molecule has 2 fully saturated rings. The average molecular weight is 1230 g/mol. The van der Waals surface area contributed by atoms with Gasteiger partial charge in [0.2, 0.25) is 0 Å². The minimum Gasteiger partial charge on any atom is -0.456 e. The van der Waals surface area contributed by atoms with E-state index >= 15 is 0 Å². The van der Waals surface area contributed by atoms with Crippen LogP contribution in [-0.4, -0.2) is 115 Å². The highest BCUT2D eigenvalue weighted by atomic mass is 35.5. The van der Waals surface area contributed by atoms with Crippen LogP contribution in [0, 0.1) is 11.6 Å². The van der Waals surface area contributed by atoms with Crippen LogP contribution in [0.2, 0.25) is 10.0 Å². The van der Waals surface area contributed by atoms with Crippen molar-refractivity contribution < 1.29 is 56.5 Å². The summed E-state index contributed by atoms with van der Waals surface area (Å²) in [6, 6.07) is 6.00. The SMILES string of the molecule is CC(=O)c1c(NC(N)=O)c(C(=O)OC(C)(C)C)c(N2CCC[C@@H](NC(=O)OC(C)(C)C)C2)n1Cc1cc(F)ccc1Cl.Cn1c(=O)c2c(c(C(=O)OC(C)(C)C)c(N3CCC[C@@H](NC(=O)OC(C)(C)C)C3)n2Cc2cc(F)ccc2Cl)n(C)c1=O. The highest BCUT2D eigenvalue weighted by Crippen LogP contribution is 2.40. The van der Waals surface area contributed by atoms with Crippen LogP contribution in [0.3, 0.4) is 0 Å². The van der Waals surface area contributed by atoms with E-state index in [9.17, 15) is 47.1 Å². The number of hydrogen-bond donors (Lipinski definition) is 4. The molecule has 0 saturated carbocycles. The minimum absolute atomic E-state index is 0.0210. The van der Waals surface area contributed by atoms with E-state index < -0.39 is 81.2 Å². The van der Waals surface area contributed by atoms with Crippen molar-refractivity contribution in [1.29, 1.82) is 0 Å². The zero-order valence-electron chi connectivity index (χ0n) is 50.9. The summed E-state index contributed by atoms with van der Waals surface area (Å²) < 4.78 is 56.3. The Morgan fingerprint density at radius 3 is 1.44 bits per heavy atom. The summed E-state index contributed by atoms with van der Waals surface area (Å²) in [6.07, 6.45) is 1.34. The maximum atomic E-state index is 14.4. The number of anilines is 3. The number of piperidine rings is 2. The smallest absolute Gasteiger partial charge is 0.407 e. The van der Waals surface area contributed by atoms with Crippen molar-refractivity contribution in [3.05, 3.63) is 107 Å². The number of nitrogens with two attached hydrogens (primary N) is 1. The van der Waals surface area contributed by atoms with Gasteiger partial charge in [0.15, 0.2) is 5.78 Å². The van der Waals surface area contributed by atoms with E-state index in [1.165, 1.54) is 66.6 Å². The second-order valence-electron chi connectivity index (χ2n) is 25.1. The Balaban J connectivity index is 0.000000272. The molecule has 85 heavy (non-hydrogen) atoms. The summed E-state index contributed by atoms with van der Waals surface area (Å²) in [4.78, 5) is 109. The predicted octanol–water partition coefficient (Wildman–Crippen LogP) is 9.80. The number of halogens is 4. The Hall–Kier alpha value is -7.60. The number of hydrogen-bond acceptors (Lipinski definition) is 14. The molecule has 0 spiro atoms. The average Bonchev–Trinajstić information content (AvgIpc) is 2.37. The lowest BCUT2D eigenvalue weighted by Crippen LogP contribution is -2.49. The van der Waals surface area contributed by atoms with Crippen LogP contribution in [0.1, 0.15) is 158 Å². The number of alkyl carbamates (subject to hydrolysis) is 2. The molecule has 464 valence electrons. The monoisotopic (exact) mass is 1230 g/mol. The van der Waals surface area contributed by atoms with Gasteiger partial charge >= 0.3 is 35.8 Å². The quantitative estimate of drug-likeness (QED) is 0.0515. The van der Waals surface area contributed by atoms with Gasteiger partial charge in [-0.1, -0.05) is 23.2 Å². The molecule has 5 aromatic rings. The molecule has 0 unspecified atom stereocenters. The molecule has 7 rings (SSSR count). The second kappa shape index (κ2) is 25.9. The normalized spacial score (nSPS) is 15.8. The van der Waals surface area contributed by atoms with Crippen molar-refractivity contribution in [1.82, 2.24) is 28.9 Å². The number of amides is 4. The molecule has 2 saturated heterocycles. The van der Waals surface area contributed by atoms with Crippen LogP contribution in [0.25, 0.3) is 11.0 Å². The Kier molecular flexibility index (Phi) is 20.3. The fourth-order valence-corrected chi connectivity index (χ4v) is 10.5. The van der Waals surface area contributed by atoms with E-state index in [4.69, 9.17) is 47.9 Å². The molecular formula is C59H78Cl2F2N10O12. The fourth-order valence-electron chi connectivity index (χ4n) is 10.1. The van der Waals surface area contributed by atoms with Crippen molar-refractivity contribution in [2.75, 3.05) is 41.3 Å². The van der Waals surface area contributed by atoms with Crippen LogP contribution in [-0.2, 0) is 46.1 Å². The number of nitrogens with one attached hydrogen (secondary N) is 3. The fraction of sp³-hybridized carbons (Fsp3) is 0.525. The molecule has 5 heterocycles. The Labute approximate surface area is 502 Å². The first-order valence-corrected chi connectivity index (χ1v) is 28.5. The summed E-state index contributed by atoms with van der Waals surface area (Å²) in [6.45, 7) is 23.2. The molecule has 2 aliphatic heterocycles. The Morgan fingerprint density at radius 2 is 1.02 bits per heavy atom. The highest BCUT2D eigenvalue weighted by molar-refractivity contribution is 6.31. The molecule has 0 bridgehead atoms. The van der Waals surface area contributed by atoms with Gasteiger partial charge in [-0.25, -0.2) is 37.5 Å². The number of primary amides is 1. The largest absolute Gasteiger partial charge is 0.456 e. The number of esters is 2. The van der Waals surface area contributed by atoms with Crippen LogP contribution < -0.4 is 42.7 Å². The van der Waals surface area contributed by atoms with E-state index in [2.05, 4.69) is 16.0 Å². The third kappa shape index (κ3) is 16.9. The van der Waals surface area contributed by atoms with Crippen molar-refractivity contribution in [2.24, 2.45) is 19.8 Å². The third-order valence-corrected chi connectivity index (χ3v) is 13.9. The molecule has 4 amide bonds. The number of aryl methyl sites for hydroxylation is 1. The molecular weight excluding hydrogens is 1150 g/mol. The van der Waals surface area contributed by atoms with Gasteiger partial charge in [-0.3, -0.25) is 18.7 Å². The van der Waals surface area contributed by atoms with Gasteiger partial charge in [0.1, 0.15) is 68.0 Å². The van der Waals surface area contributed by atoms with E-state index in [0.717, 1.165) is 4.57 Å². The number of ketones is 1. The van der Waals surface area contributed by atoms with Gasteiger partial charge in [0.25, 0.3) is 5.56 Å². The first kappa shape index (κ1) is 66.5. The molecule has 0 radical (unpaired) electrons. The van der Waals surface area contributed by atoms with Crippen molar-refractivity contribution >= 4 is 87.5 Å². The summed E-state index contributed by atoms with van der Waals surface area (Å²) in [5.74, 6) is -2.58. The predicted molar refractivity (Wildman–Crippen MR) is 321 cm³/mol. The number of rotatable bonds is 12. The van der Waals surface area contributed by atoms with E-state index in [-0.39, 0.29) is 87.7 Å². The minimum atomic E-state index is -1.00. The van der Waals surface area contributed by atoms with Gasteiger partial charge in [-0.2, -0.15) is 0 Å². The third-order valence-electron chi connectivity index (χ3n) is 13.2. The molecule has 5 N–H and O–H groups in total. The summed E-state index contributed by atoms with van der Waals surface area (Å²) in [7, 11) is 2.83. The van der Waals surface area contributed by atoms with Gasteiger partial charge in [0.05, 0.1) is 24.3 Å². The van der Waals surface area contributed by atoms with Crippen LogP contribution in [0.4, 0.5) is 40.5 Å². The number of Topliss-reactive ketones (excluding diaryl/α,β-unsaturated/α-hetero) is 1. The maximum absolute atomic E-state index is 14.4. The van der Waals surface area contributed by atoms with Gasteiger partial charge in [0, 0.05) is 69.3 Å². The number of ether oxygens (including phenoxy) is 4. The number of benzene rings is 2. The topological polar surface area (TPSA) is 262 Å². The van der Waals surface area contributed by atoms with Crippen molar-refractivity contribution in [3.8, 4) is 0 Å². The molecule has 2 atom stereocenters. The summed E-state index contributed by atoms with van der Waals surface area (Å²) in [5, 5.41) is 8.71. The van der Waals surface area contributed by atoms with E-state index in [0.29, 0.717) is 55.7 Å². The molecule has 22 nitrogen and oxygen atoms in total. The summed E-state index contributed by atoms with van der Waals surface area (Å²) in [5.41, 5.74) is 1.60. The zero-order valence-corrected chi connectivity index (χ0v) is 52.4. The van der Waals surface area contributed by atoms with Crippen molar-refractivity contribution in [2.45, 2.75) is 163 Å². The van der Waals surface area contributed by atoms with Crippen molar-refractivity contribution in [3.63, 3.8) is 0 Å². The molecule has 3 aromatic heterocycles. The Morgan fingerprint density at radius 1 is 0.612 bits per heavy atom. The maximum Gasteiger partial charge on any atom is 0.407 e. The van der Waals surface area contributed by atoms with Crippen LogP contribution in [0.5, 0.6) is 0 Å². The van der Waals surface area contributed by atoms with Crippen LogP contribution >= 0.6 is 23.2 Å². The lowest BCUT2D eigenvalue weighted by Gasteiger charge is -2.36. The number of nitrogens with zero attached hydrogens (tertiary/aromatic N) is 6. The van der Waals surface area contributed by atoms with Gasteiger partial charge in [-0.05, 0) is 156 Å². The lowest BCUT2D eigenvalue weighted by atomic mass is 10.0. The molecule has 26 heteroatoms. The highest BCUT2D eigenvalue weighted by Gasteiger charge is 2.39. The molecule has 2 aliphatic rings. The lowest BCUT2D eigenvalue weighted by molar-refractivity contribution is 0.00588. The second-order valence-corrected chi connectivity index (χ2v) is 25.9. The molecule has 2 aromatic carbocycles. The van der Waals surface area contributed by atoms with Gasteiger partial charge < -0.3 is 59.6 Å². The van der Waals surface area contributed by atoms with Gasteiger partial charge in [-0.15, -0.1) is 0 Å². The van der Waals surface area contributed by atoms with Crippen LogP contribution in [0.15, 0.2) is 46.0 Å². The van der Waals surface area contributed by atoms with E-state index in [1.807, 2.05) is 9.80 Å². The number of urea groups is 1. The number of carbonyl (C=O) groups is 6. The number of fused-ring (bicyclic) bond motifs is 1. The standard InChI is InChI=1S/C30H39ClFN5O6.C29H39ClFN5O6/c1-29(2,3)42-26(39)21-22-23(25(38)35(8)28(41)34(22)7)37(15-17-14-18(32)11-12-20(17)31)24(21)36-13-9-10-19(16-36)33-27(40)43-30(4,5)6;1-16(37)23-22(34-26(32)39)21(25(38)41-28(2,3)4)24(36(23)14-17-13-18(31)10-11-20(17)30)35-12-8-9-19(15-35)33-27(40)42-29(5,6)7/h11-12,14,19H,9-10,13,15-16H2,1-8H3,(H,33,40);10-11,13,19H,8-9,12,14-15H2,1-7H3,(H,33,40)(H3,32,34,39)/t2*19-/m11/s1. The first-order chi connectivity index (χ1) is 39.2. The number of aromatic nitrogens is 4. The first-order valence-electron chi connectivity index (χ1n) is 27.7. The molecule has 0 aliphatic carbocycles. The Bertz CT molecular complexity index is 3530. The summed E-state index contributed by atoms with van der Waals surface area (Å²) >= 11 is 12.9. The zero-order chi connectivity index (χ0) is 63.6. The number of carbonyl (C=O) groups excluding carboxylic acids is 6.